The van der Waals surface area contributed by atoms with Crippen LogP contribution in [0.5, 0.6) is 0 Å². The van der Waals surface area contributed by atoms with Gasteiger partial charge in [-0.1, -0.05) is 23.4 Å². The van der Waals surface area contributed by atoms with Crippen LogP contribution in [0.2, 0.25) is 0 Å². The SMILES string of the molecule is Nc1nc2ccccc2c2c1nc(CF)n2Cc1cc(-c2ccc(F)cc2)no1. The van der Waals surface area contributed by atoms with Gasteiger partial charge in [-0.25, -0.2) is 18.7 Å². The van der Waals surface area contributed by atoms with Crippen molar-refractivity contribution in [3.05, 3.63) is 72.0 Å². The highest BCUT2D eigenvalue weighted by Gasteiger charge is 2.19. The highest BCUT2D eigenvalue weighted by Crippen LogP contribution is 2.30. The van der Waals surface area contributed by atoms with Gasteiger partial charge in [-0.05, 0) is 30.3 Å². The van der Waals surface area contributed by atoms with E-state index in [0.717, 1.165) is 10.9 Å². The number of fused-ring (bicyclic) bond motifs is 3. The van der Waals surface area contributed by atoms with Gasteiger partial charge >= 0.3 is 0 Å². The number of imidazole rings is 1. The fourth-order valence-electron chi connectivity index (χ4n) is 3.48. The van der Waals surface area contributed by atoms with E-state index in [9.17, 15) is 8.78 Å². The van der Waals surface area contributed by atoms with Gasteiger partial charge in [0, 0.05) is 17.0 Å². The van der Waals surface area contributed by atoms with Crippen LogP contribution in [-0.2, 0) is 13.2 Å². The molecule has 5 rings (SSSR count). The average molecular weight is 391 g/mol. The first kappa shape index (κ1) is 17.3. The number of pyridine rings is 1. The van der Waals surface area contributed by atoms with Gasteiger partial charge in [-0.15, -0.1) is 0 Å². The van der Waals surface area contributed by atoms with Gasteiger partial charge in [0.2, 0.25) is 0 Å². The third-order valence-electron chi connectivity index (χ3n) is 4.82. The maximum Gasteiger partial charge on any atom is 0.157 e. The predicted molar refractivity (Wildman–Crippen MR) is 105 cm³/mol. The number of alkyl halides is 1. The molecule has 0 aliphatic rings. The number of nitrogen functional groups attached to an aromatic ring is 1. The first-order chi connectivity index (χ1) is 14.1. The molecular formula is C21H15F2N5O. The summed E-state index contributed by atoms with van der Waals surface area (Å²) in [5, 5.41) is 4.87. The van der Waals surface area contributed by atoms with Crippen molar-refractivity contribution in [3.8, 4) is 11.3 Å². The Morgan fingerprint density at radius 3 is 2.62 bits per heavy atom. The van der Waals surface area contributed by atoms with Gasteiger partial charge < -0.3 is 14.8 Å². The van der Waals surface area contributed by atoms with E-state index in [-0.39, 0.29) is 24.0 Å². The van der Waals surface area contributed by atoms with Crippen LogP contribution >= 0.6 is 0 Å². The number of hydrogen-bond acceptors (Lipinski definition) is 5. The first-order valence-electron chi connectivity index (χ1n) is 8.95. The number of anilines is 1. The Kier molecular flexibility index (Phi) is 3.97. The van der Waals surface area contributed by atoms with E-state index in [1.807, 2.05) is 24.3 Å². The second-order valence-corrected chi connectivity index (χ2v) is 6.64. The maximum absolute atomic E-state index is 13.7. The molecule has 6 nitrogen and oxygen atoms in total. The van der Waals surface area contributed by atoms with Crippen molar-refractivity contribution in [1.82, 2.24) is 19.7 Å². The second kappa shape index (κ2) is 6.66. The lowest BCUT2D eigenvalue weighted by atomic mass is 10.1. The van der Waals surface area contributed by atoms with E-state index >= 15 is 0 Å². The van der Waals surface area contributed by atoms with Crippen molar-refractivity contribution in [2.75, 3.05) is 5.73 Å². The van der Waals surface area contributed by atoms with Gasteiger partial charge in [0.1, 0.15) is 29.5 Å². The molecule has 0 radical (unpaired) electrons. The molecule has 5 aromatic rings. The molecule has 144 valence electrons. The van der Waals surface area contributed by atoms with Crippen molar-refractivity contribution in [3.63, 3.8) is 0 Å². The number of nitrogens with zero attached hydrogens (tertiary/aromatic N) is 4. The lowest BCUT2D eigenvalue weighted by Crippen LogP contribution is -2.04. The third-order valence-corrected chi connectivity index (χ3v) is 4.82. The van der Waals surface area contributed by atoms with Gasteiger partial charge in [-0.3, -0.25) is 0 Å². The Bertz CT molecular complexity index is 1340. The molecule has 0 saturated heterocycles. The zero-order chi connectivity index (χ0) is 20.0. The van der Waals surface area contributed by atoms with Crippen LogP contribution in [0, 0.1) is 5.82 Å². The smallest absolute Gasteiger partial charge is 0.157 e. The number of benzene rings is 2. The van der Waals surface area contributed by atoms with Crippen LogP contribution in [-0.4, -0.2) is 19.7 Å². The minimum atomic E-state index is -0.762. The van der Waals surface area contributed by atoms with E-state index in [1.54, 1.807) is 22.8 Å². The van der Waals surface area contributed by atoms with E-state index in [2.05, 4.69) is 15.1 Å². The summed E-state index contributed by atoms with van der Waals surface area (Å²) in [6, 6.07) is 15.2. The summed E-state index contributed by atoms with van der Waals surface area (Å²) in [7, 11) is 0. The minimum absolute atomic E-state index is 0.220. The molecule has 2 N–H and O–H groups in total. The van der Waals surface area contributed by atoms with Crippen LogP contribution in [0.15, 0.2) is 59.1 Å². The highest BCUT2D eigenvalue weighted by molar-refractivity contribution is 6.06. The number of aromatic nitrogens is 4. The summed E-state index contributed by atoms with van der Waals surface area (Å²) in [6.45, 7) is -0.543. The second-order valence-electron chi connectivity index (χ2n) is 6.64. The lowest BCUT2D eigenvalue weighted by molar-refractivity contribution is 0.373. The molecule has 29 heavy (non-hydrogen) atoms. The normalized spacial score (nSPS) is 11.5. The lowest BCUT2D eigenvalue weighted by Gasteiger charge is -2.07. The molecule has 3 heterocycles. The molecule has 8 heteroatoms. The number of hydrogen-bond donors (Lipinski definition) is 1. The number of halogens is 2. The average Bonchev–Trinajstić information content (AvgIpc) is 3.34. The number of rotatable bonds is 4. The van der Waals surface area contributed by atoms with Crippen LogP contribution < -0.4 is 5.73 Å². The third kappa shape index (κ3) is 2.89. The van der Waals surface area contributed by atoms with Crippen molar-refractivity contribution in [1.29, 1.82) is 0 Å². The van der Waals surface area contributed by atoms with Gasteiger partial charge in [0.05, 0.1) is 17.6 Å². The summed E-state index contributed by atoms with van der Waals surface area (Å²) < 4.78 is 34.1. The Morgan fingerprint density at radius 2 is 1.83 bits per heavy atom. The van der Waals surface area contributed by atoms with Crippen molar-refractivity contribution < 1.29 is 13.3 Å². The first-order valence-corrected chi connectivity index (χ1v) is 8.95. The van der Waals surface area contributed by atoms with E-state index in [0.29, 0.717) is 28.0 Å². The monoisotopic (exact) mass is 391 g/mol. The van der Waals surface area contributed by atoms with Crippen LogP contribution in [0.1, 0.15) is 11.6 Å². The molecule has 0 spiro atoms. The van der Waals surface area contributed by atoms with Crippen molar-refractivity contribution in [2.24, 2.45) is 0 Å². The van der Waals surface area contributed by atoms with Crippen LogP contribution in [0.4, 0.5) is 14.6 Å². The van der Waals surface area contributed by atoms with Crippen molar-refractivity contribution >= 4 is 27.8 Å². The molecule has 0 saturated carbocycles. The quantitative estimate of drug-likeness (QED) is 0.488. The van der Waals surface area contributed by atoms with Gasteiger partial charge in [0.15, 0.2) is 11.6 Å². The van der Waals surface area contributed by atoms with E-state index in [4.69, 9.17) is 10.3 Å². The molecule has 0 unspecified atom stereocenters. The maximum atomic E-state index is 13.7. The Labute approximate surface area is 163 Å². The molecule has 0 fully saturated rings. The number of para-hydroxylation sites is 1. The summed E-state index contributed by atoms with van der Waals surface area (Å²) in [6.07, 6.45) is 0. The van der Waals surface area contributed by atoms with E-state index in [1.165, 1.54) is 12.1 Å². The summed E-state index contributed by atoms with van der Waals surface area (Å²) in [4.78, 5) is 8.71. The number of nitrogens with two attached hydrogens (primary N) is 1. The summed E-state index contributed by atoms with van der Waals surface area (Å²) in [5.41, 5.74) is 9.21. The molecular weight excluding hydrogens is 376 g/mol. The fraction of sp³-hybridized carbons (Fsp3) is 0.0952. The zero-order valence-corrected chi connectivity index (χ0v) is 15.1. The molecule has 3 aromatic heterocycles. The largest absolute Gasteiger partial charge is 0.382 e. The minimum Gasteiger partial charge on any atom is -0.382 e. The Hall–Kier alpha value is -3.81. The Balaban J connectivity index is 1.63. The summed E-state index contributed by atoms with van der Waals surface area (Å²) >= 11 is 0. The van der Waals surface area contributed by atoms with Gasteiger partial charge in [0.25, 0.3) is 0 Å². The molecule has 0 atom stereocenters. The topological polar surface area (TPSA) is 82.8 Å². The summed E-state index contributed by atoms with van der Waals surface area (Å²) in [5.74, 6) is 0.659. The standard InChI is InChI=1S/C21H15F2N5O/c22-10-18-26-19-20(15-3-1-2-4-16(15)25-21(19)24)28(18)11-14-9-17(27-29-14)12-5-7-13(23)8-6-12/h1-9H,10-11H2,(H2,24,25). The fourth-order valence-corrected chi connectivity index (χ4v) is 3.48. The Morgan fingerprint density at radius 1 is 1.03 bits per heavy atom. The van der Waals surface area contributed by atoms with E-state index < -0.39 is 6.67 Å². The highest BCUT2D eigenvalue weighted by atomic mass is 19.1. The molecule has 0 aliphatic carbocycles. The zero-order valence-electron chi connectivity index (χ0n) is 15.1. The molecule has 0 amide bonds. The van der Waals surface area contributed by atoms with Crippen LogP contribution in [0.25, 0.3) is 33.2 Å². The van der Waals surface area contributed by atoms with Crippen molar-refractivity contribution in [2.45, 2.75) is 13.2 Å². The van der Waals surface area contributed by atoms with Gasteiger partial charge in [-0.2, -0.15) is 0 Å². The molecule has 0 aliphatic heterocycles. The molecule has 0 bridgehead atoms. The predicted octanol–water partition coefficient (Wildman–Crippen LogP) is 4.48. The molecule has 2 aromatic carbocycles. The van der Waals surface area contributed by atoms with Crippen LogP contribution in [0.3, 0.4) is 0 Å².